The lowest BCUT2D eigenvalue weighted by Crippen LogP contribution is -2.37. The molecule has 150 valence electrons. The molecular formula is C23H25N3O3. The number of para-hydroxylation sites is 1. The standard InChI is InChI=1S/C23H25N3O3/c1-2-16-9-11-17(12-10-16)23(28)26(14-18-6-5-13-29-18)15-21-24-20-8-4-3-7-19(20)22(27)25-21/h3-4,7-12,18H,2,5-6,13-15H2,1H3,(H,24,25,27). The third-order valence-electron chi connectivity index (χ3n) is 5.35. The highest BCUT2D eigenvalue weighted by Gasteiger charge is 2.24. The van der Waals surface area contributed by atoms with Gasteiger partial charge in [-0.15, -0.1) is 0 Å². The molecule has 1 amide bonds. The summed E-state index contributed by atoms with van der Waals surface area (Å²) < 4.78 is 5.75. The number of ether oxygens (including phenoxy) is 1. The van der Waals surface area contributed by atoms with Gasteiger partial charge >= 0.3 is 0 Å². The van der Waals surface area contributed by atoms with Crippen molar-refractivity contribution in [2.24, 2.45) is 0 Å². The minimum absolute atomic E-state index is 0.0149. The first-order valence-corrected chi connectivity index (χ1v) is 10.1. The second-order valence-electron chi connectivity index (χ2n) is 7.40. The maximum Gasteiger partial charge on any atom is 0.258 e. The number of nitrogens with one attached hydrogen (secondary N) is 1. The van der Waals surface area contributed by atoms with Crippen LogP contribution in [0.3, 0.4) is 0 Å². The molecule has 2 heterocycles. The van der Waals surface area contributed by atoms with Crippen LogP contribution in [0.4, 0.5) is 0 Å². The fourth-order valence-corrected chi connectivity index (χ4v) is 3.71. The number of carbonyl (C=O) groups is 1. The second-order valence-corrected chi connectivity index (χ2v) is 7.40. The Morgan fingerprint density at radius 1 is 1.21 bits per heavy atom. The first-order valence-electron chi connectivity index (χ1n) is 10.1. The molecule has 4 rings (SSSR count). The van der Waals surface area contributed by atoms with Gasteiger partial charge in [0.1, 0.15) is 5.82 Å². The van der Waals surface area contributed by atoms with Crippen LogP contribution in [0.15, 0.2) is 53.3 Å². The van der Waals surface area contributed by atoms with E-state index in [4.69, 9.17) is 4.74 Å². The van der Waals surface area contributed by atoms with Gasteiger partial charge in [-0.25, -0.2) is 4.98 Å². The Balaban J connectivity index is 1.62. The van der Waals surface area contributed by atoms with Gasteiger partial charge in [0.05, 0.1) is 23.6 Å². The van der Waals surface area contributed by atoms with Crippen LogP contribution in [0, 0.1) is 0 Å². The summed E-state index contributed by atoms with van der Waals surface area (Å²) in [4.78, 5) is 34.8. The second kappa shape index (κ2) is 8.57. The summed E-state index contributed by atoms with van der Waals surface area (Å²) in [6.07, 6.45) is 2.88. The van der Waals surface area contributed by atoms with Crippen molar-refractivity contribution in [1.29, 1.82) is 0 Å². The molecule has 0 saturated carbocycles. The van der Waals surface area contributed by atoms with Crippen molar-refractivity contribution in [3.63, 3.8) is 0 Å². The summed E-state index contributed by atoms with van der Waals surface area (Å²) in [5.41, 5.74) is 2.25. The van der Waals surface area contributed by atoms with Crippen molar-refractivity contribution >= 4 is 16.8 Å². The molecular weight excluding hydrogens is 366 g/mol. The quantitative estimate of drug-likeness (QED) is 0.700. The number of nitrogens with zero attached hydrogens (tertiary/aromatic N) is 2. The Hall–Kier alpha value is -2.99. The fraction of sp³-hybridized carbons (Fsp3) is 0.348. The molecule has 29 heavy (non-hydrogen) atoms. The third kappa shape index (κ3) is 4.38. The molecule has 0 radical (unpaired) electrons. The number of hydrogen-bond acceptors (Lipinski definition) is 4. The van der Waals surface area contributed by atoms with Gasteiger partial charge in [-0.2, -0.15) is 0 Å². The Morgan fingerprint density at radius 3 is 2.72 bits per heavy atom. The minimum Gasteiger partial charge on any atom is -0.376 e. The van der Waals surface area contributed by atoms with E-state index in [1.807, 2.05) is 42.5 Å². The van der Waals surface area contributed by atoms with E-state index in [-0.39, 0.29) is 24.1 Å². The van der Waals surface area contributed by atoms with Crippen molar-refractivity contribution in [3.05, 3.63) is 75.8 Å². The predicted octanol–water partition coefficient (Wildman–Crippen LogP) is 3.31. The summed E-state index contributed by atoms with van der Waals surface area (Å²) in [6.45, 7) is 3.52. The SMILES string of the molecule is CCc1ccc(C(=O)N(Cc2nc3ccccc3c(=O)[nH]2)CC2CCCO2)cc1. The Bertz CT molecular complexity index is 1050. The number of benzene rings is 2. The van der Waals surface area contributed by atoms with Crippen LogP contribution in [-0.4, -0.2) is 40.0 Å². The molecule has 1 aromatic heterocycles. The lowest BCUT2D eigenvalue weighted by molar-refractivity contribution is 0.0501. The molecule has 1 unspecified atom stereocenters. The number of amides is 1. The maximum atomic E-state index is 13.2. The molecule has 0 bridgehead atoms. The van der Waals surface area contributed by atoms with Gasteiger partial charge in [0.15, 0.2) is 0 Å². The van der Waals surface area contributed by atoms with Crippen molar-refractivity contribution in [3.8, 4) is 0 Å². The molecule has 6 heteroatoms. The largest absolute Gasteiger partial charge is 0.376 e. The number of aromatic nitrogens is 2. The van der Waals surface area contributed by atoms with Gasteiger partial charge < -0.3 is 14.6 Å². The Labute approximate surface area is 169 Å². The highest BCUT2D eigenvalue weighted by molar-refractivity contribution is 5.94. The zero-order chi connectivity index (χ0) is 20.2. The van der Waals surface area contributed by atoms with Gasteiger partial charge in [-0.05, 0) is 49.1 Å². The highest BCUT2D eigenvalue weighted by Crippen LogP contribution is 2.17. The van der Waals surface area contributed by atoms with E-state index in [0.717, 1.165) is 25.9 Å². The van der Waals surface area contributed by atoms with Crippen LogP contribution in [0.5, 0.6) is 0 Å². The zero-order valence-electron chi connectivity index (χ0n) is 16.6. The number of aryl methyl sites for hydroxylation is 1. The van der Waals surface area contributed by atoms with Crippen LogP contribution in [0.2, 0.25) is 0 Å². The summed E-state index contributed by atoms with van der Waals surface area (Å²) in [5, 5.41) is 0.545. The zero-order valence-corrected chi connectivity index (χ0v) is 16.6. The van der Waals surface area contributed by atoms with Crippen molar-refractivity contribution in [2.45, 2.75) is 38.8 Å². The molecule has 6 nitrogen and oxygen atoms in total. The number of hydrogen-bond donors (Lipinski definition) is 1. The van der Waals surface area contributed by atoms with Crippen molar-refractivity contribution < 1.29 is 9.53 Å². The van der Waals surface area contributed by atoms with E-state index in [0.29, 0.717) is 28.8 Å². The normalized spacial score (nSPS) is 16.2. The molecule has 1 atom stereocenters. The smallest absolute Gasteiger partial charge is 0.258 e. The summed E-state index contributed by atoms with van der Waals surface area (Å²) in [6, 6.07) is 14.9. The van der Waals surface area contributed by atoms with Crippen molar-refractivity contribution in [2.75, 3.05) is 13.2 Å². The van der Waals surface area contributed by atoms with Crippen LogP contribution < -0.4 is 5.56 Å². The van der Waals surface area contributed by atoms with E-state index in [1.54, 1.807) is 11.0 Å². The molecule has 1 aliphatic heterocycles. The maximum absolute atomic E-state index is 13.2. The van der Waals surface area contributed by atoms with Gasteiger partial charge in [-0.1, -0.05) is 31.2 Å². The van der Waals surface area contributed by atoms with Crippen LogP contribution >= 0.6 is 0 Å². The topological polar surface area (TPSA) is 75.3 Å². The van der Waals surface area contributed by atoms with E-state index in [9.17, 15) is 9.59 Å². The van der Waals surface area contributed by atoms with Crippen molar-refractivity contribution in [1.82, 2.24) is 14.9 Å². The molecule has 1 saturated heterocycles. The molecule has 1 fully saturated rings. The number of aromatic amines is 1. The summed E-state index contributed by atoms with van der Waals surface area (Å²) >= 11 is 0. The van der Waals surface area contributed by atoms with E-state index in [2.05, 4.69) is 16.9 Å². The molecule has 3 aromatic rings. The monoisotopic (exact) mass is 391 g/mol. The lowest BCUT2D eigenvalue weighted by Gasteiger charge is -2.25. The van der Waals surface area contributed by atoms with E-state index in [1.165, 1.54) is 5.56 Å². The van der Waals surface area contributed by atoms with Crippen LogP contribution in [0.25, 0.3) is 10.9 Å². The number of carbonyl (C=O) groups excluding carboxylic acids is 1. The summed E-state index contributed by atoms with van der Waals surface area (Å²) in [7, 11) is 0. The number of rotatable bonds is 6. The molecule has 1 N–H and O–H groups in total. The lowest BCUT2D eigenvalue weighted by atomic mass is 10.1. The average Bonchev–Trinajstić information content (AvgIpc) is 3.26. The van der Waals surface area contributed by atoms with Gasteiger partial charge in [0.25, 0.3) is 11.5 Å². The van der Waals surface area contributed by atoms with Gasteiger partial charge in [0, 0.05) is 18.7 Å². The molecule has 0 spiro atoms. The Morgan fingerprint density at radius 2 is 2.00 bits per heavy atom. The highest BCUT2D eigenvalue weighted by atomic mass is 16.5. The first kappa shape index (κ1) is 19.3. The van der Waals surface area contributed by atoms with Gasteiger partial charge in [-0.3, -0.25) is 9.59 Å². The van der Waals surface area contributed by atoms with E-state index < -0.39 is 0 Å². The molecule has 2 aromatic carbocycles. The first-order chi connectivity index (χ1) is 14.1. The fourth-order valence-electron chi connectivity index (χ4n) is 3.71. The molecule has 1 aliphatic rings. The summed E-state index contributed by atoms with van der Waals surface area (Å²) in [5.74, 6) is 0.393. The van der Waals surface area contributed by atoms with Crippen LogP contribution in [0.1, 0.15) is 41.5 Å². The predicted molar refractivity (Wildman–Crippen MR) is 112 cm³/mol. The average molecular weight is 391 g/mol. The molecule has 0 aliphatic carbocycles. The van der Waals surface area contributed by atoms with E-state index >= 15 is 0 Å². The number of fused-ring (bicyclic) bond motifs is 1. The minimum atomic E-state index is -0.192. The van der Waals surface area contributed by atoms with Crippen LogP contribution in [-0.2, 0) is 17.7 Å². The van der Waals surface area contributed by atoms with Gasteiger partial charge in [0.2, 0.25) is 0 Å². The Kier molecular flexibility index (Phi) is 5.71. The third-order valence-corrected chi connectivity index (χ3v) is 5.35. The number of H-pyrrole nitrogens is 1.